The van der Waals surface area contributed by atoms with E-state index in [0.29, 0.717) is 22.5 Å². The number of hydrogen-bond donors (Lipinski definition) is 3. The first-order valence-electron chi connectivity index (χ1n) is 7.34. The summed E-state index contributed by atoms with van der Waals surface area (Å²) in [5.74, 6) is -0.256. The molecule has 0 unspecified atom stereocenters. The maximum Gasteiger partial charge on any atom is 0.276 e. The van der Waals surface area contributed by atoms with E-state index in [1.807, 2.05) is 36.4 Å². The van der Waals surface area contributed by atoms with Crippen molar-refractivity contribution in [1.29, 1.82) is 0 Å². The zero-order chi connectivity index (χ0) is 15.8. The highest BCUT2D eigenvalue weighted by Crippen LogP contribution is 2.29. The molecule has 0 bridgehead atoms. The molecule has 7 nitrogen and oxygen atoms in total. The minimum atomic E-state index is -0.256. The van der Waals surface area contributed by atoms with Crippen molar-refractivity contribution in [3.63, 3.8) is 0 Å². The maximum absolute atomic E-state index is 12.2. The zero-order valence-electron chi connectivity index (χ0n) is 12.4. The molecule has 1 aliphatic heterocycles. The molecule has 0 radical (unpaired) electrons. The van der Waals surface area contributed by atoms with Crippen LogP contribution in [-0.4, -0.2) is 27.0 Å². The molecule has 0 spiro atoms. The van der Waals surface area contributed by atoms with Crippen molar-refractivity contribution in [2.45, 2.75) is 13.3 Å². The van der Waals surface area contributed by atoms with Crippen LogP contribution >= 0.6 is 0 Å². The molecule has 2 aromatic carbocycles. The highest BCUT2D eigenvalue weighted by Gasteiger charge is 2.29. The highest BCUT2D eigenvalue weighted by atomic mass is 16.2. The van der Waals surface area contributed by atoms with Gasteiger partial charge < -0.3 is 5.32 Å². The summed E-state index contributed by atoms with van der Waals surface area (Å²) >= 11 is 0. The summed E-state index contributed by atoms with van der Waals surface area (Å²) in [7, 11) is 0. The van der Waals surface area contributed by atoms with Gasteiger partial charge in [0.1, 0.15) is 5.52 Å². The minimum Gasteiger partial charge on any atom is -0.320 e. The van der Waals surface area contributed by atoms with Crippen molar-refractivity contribution >= 4 is 34.0 Å². The average Bonchev–Trinajstić information content (AvgIpc) is 3.16. The van der Waals surface area contributed by atoms with Gasteiger partial charge in [-0.1, -0.05) is 24.3 Å². The fourth-order valence-corrected chi connectivity index (χ4v) is 2.60. The van der Waals surface area contributed by atoms with Crippen LogP contribution in [0.1, 0.15) is 18.1 Å². The molecule has 0 fully saturated rings. The third-order valence-electron chi connectivity index (χ3n) is 3.86. The second-order valence-corrected chi connectivity index (χ2v) is 5.27. The Bertz CT molecular complexity index is 925. The summed E-state index contributed by atoms with van der Waals surface area (Å²) in [5, 5.41) is 17.7. The van der Waals surface area contributed by atoms with E-state index in [1.165, 1.54) is 5.56 Å². The summed E-state index contributed by atoms with van der Waals surface area (Å²) in [4.78, 5) is 12.2. The van der Waals surface area contributed by atoms with Crippen LogP contribution in [0.4, 0.5) is 11.4 Å². The second kappa shape index (κ2) is 5.20. The van der Waals surface area contributed by atoms with Crippen LogP contribution in [0, 0.1) is 0 Å². The number of aromatic amines is 1. The van der Waals surface area contributed by atoms with Gasteiger partial charge in [-0.15, -0.1) is 5.10 Å². The Labute approximate surface area is 131 Å². The molecule has 114 valence electrons. The fraction of sp³-hybridized carbons (Fsp3) is 0.125. The van der Waals surface area contributed by atoms with Crippen LogP contribution in [0.25, 0.3) is 11.0 Å². The van der Waals surface area contributed by atoms with Gasteiger partial charge in [-0.25, -0.2) is 0 Å². The Morgan fingerprint density at radius 3 is 2.78 bits per heavy atom. The van der Waals surface area contributed by atoms with Gasteiger partial charge in [0.25, 0.3) is 5.91 Å². The number of rotatable bonds is 3. The van der Waals surface area contributed by atoms with Gasteiger partial charge >= 0.3 is 0 Å². The number of benzene rings is 2. The minimum absolute atomic E-state index is 0.256. The molecule has 3 N–H and O–H groups in total. The average molecular weight is 306 g/mol. The first-order valence-corrected chi connectivity index (χ1v) is 7.34. The van der Waals surface area contributed by atoms with Gasteiger partial charge in [0.15, 0.2) is 5.71 Å². The first-order chi connectivity index (χ1) is 11.3. The summed E-state index contributed by atoms with van der Waals surface area (Å²) in [6.45, 7) is 2.10. The molecule has 0 atom stereocenters. The monoisotopic (exact) mass is 306 g/mol. The van der Waals surface area contributed by atoms with Gasteiger partial charge in [0, 0.05) is 0 Å². The Morgan fingerprint density at radius 2 is 2.00 bits per heavy atom. The number of fused-ring (bicyclic) bond motifs is 3. The molecular weight excluding hydrogens is 292 g/mol. The van der Waals surface area contributed by atoms with Crippen LogP contribution in [0.3, 0.4) is 0 Å². The number of aryl methyl sites for hydroxylation is 1. The fourth-order valence-electron chi connectivity index (χ4n) is 2.60. The molecule has 7 heteroatoms. The Balaban J connectivity index is 1.71. The summed E-state index contributed by atoms with van der Waals surface area (Å²) < 4.78 is 0. The van der Waals surface area contributed by atoms with Crippen molar-refractivity contribution in [2.24, 2.45) is 5.10 Å². The summed E-state index contributed by atoms with van der Waals surface area (Å²) in [6.07, 6.45) is 0.981. The number of H-pyrrole nitrogens is 1. The Morgan fingerprint density at radius 1 is 1.17 bits per heavy atom. The topological polar surface area (TPSA) is 95.1 Å². The zero-order valence-corrected chi connectivity index (χ0v) is 12.4. The van der Waals surface area contributed by atoms with Gasteiger partial charge in [-0.3, -0.25) is 15.3 Å². The van der Waals surface area contributed by atoms with E-state index in [9.17, 15) is 4.79 Å². The van der Waals surface area contributed by atoms with E-state index in [4.69, 9.17) is 0 Å². The van der Waals surface area contributed by atoms with Gasteiger partial charge in [0.2, 0.25) is 0 Å². The predicted molar refractivity (Wildman–Crippen MR) is 88.5 cm³/mol. The van der Waals surface area contributed by atoms with Crippen LogP contribution in [0.2, 0.25) is 0 Å². The van der Waals surface area contributed by atoms with Crippen LogP contribution in [-0.2, 0) is 11.2 Å². The smallest absolute Gasteiger partial charge is 0.276 e. The molecule has 2 heterocycles. The molecule has 0 aliphatic carbocycles. The summed E-state index contributed by atoms with van der Waals surface area (Å²) in [5.41, 5.74) is 8.06. The quantitative estimate of drug-likeness (QED) is 0.647. The first kappa shape index (κ1) is 13.4. The third-order valence-corrected chi connectivity index (χ3v) is 3.86. The van der Waals surface area contributed by atoms with Crippen LogP contribution in [0.5, 0.6) is 0 Å². The van der Waals surface area contributed by atoms with Crippen LogP contribution < -0.4 is 10.7 Å². The SMILES string of the molecule is CCc1ccc(N/N=C2\C(=O)Nc3ccc4[nH]nnc4c32)cc1. The highest BCUT2D eigenvalue weighted by molar-refractivity contribution is 6.55. The largest absolute Gasteiger partial charge is 0.320 e. The lowest BCUT2D eigenvalue weighted by molar-refractivity contribution is -0.110. The van der Waals surface area contributed by atoms with Gasteiger partial charge in [-0.2, -0.15) is 5.10 Å². The van der Waals surface area contributed by atoms with Crippen LogP contribution in [0.15, 0.2) is 41.5 Å². The number of carbonyl (C=O) groups excluding carboxylic acids is 1. The molecule has 1 aliphatic rings. The van der Waals surface area contributed by atoms with Crippen molar-refractivity contribution in [1.82, 2.24) is 15.4 Å². The number of anilines is 2. The van der Waals surface area contributed by atoms with Crippen molar-refractivity contribution in [3.05, 3.63) is 47.5 Å². The molecular formula is C16H14N6O. The van der Waals surface area contributed by atoms with Crippen molar-refractivity contribution < 1.29 is 4.79 Å². The van der Waals surface area contributed by atoms with Crippen molar-refractivity contribution in [3.8, 4) is 0 Å². The lowest BCUT2D eigenvalue weighted by Gasteiger charge is -2.03. The number of hydrazone groups is 1. The number of hydrogen-bond acceptors (Lipinski definition) is 5. The molecule has 4 rings (SSSR count). The van der Waals surface area contributed by atoms with E-state index in [2.05, 4.69) is 38.2 Å². The molecule has 3 aromatic rings. The predicted octanol–water partition coefficient (Wildman–Crippen LogP) is 2.29. The normalized spacial score (nSPS) is 15.0. The Hall–Kier alpha value is -3.22. The molecule has 0 saturated carbocycles. The van der Waals surface area contributed by atoms with E-state index in [0.717, 1.165) is 17.6 Å². The lowest BCUT2D eigenvalue weighted by Crippen LogP contribution is -2.16. The van der Waals surface area contributed by atoms with Crippen molar-refractivity contribution in [2.75, 3.05) is 10.7 Å². The van der Waals surface area contributed by atoms with E-state index in [1.54, 1.807) is 0 Å². The maximum atomic E-state index is 12.2. The van der Waals surface area contributed by atoms with Gasteiger partial charge in [0.05, 0.1) is 22.5 Å². The number of amides is 1. The number of carbonyl (C=O) groups is 1. The standard InChI is InChI=1S/C16H14N6O/c1-2-9-3-5-10(6-4-9)18-20-15-13-11(17-16(15)23)7-8-12-14(13)21-22-19-12/h3-8,18H,2H2,1H3,(H,17,20,23)(H,19,21,22). The van der Waals surface area contributed by atoms with E-state index >= 15 is 0 Å². The molecule has 1 aromatic heterocycles. The van der Waals surface area contributed by atoms with E-state index in [-0.39, 0.29) is 5.91 Å². The third kappa shape index (κ3) is 2.22. The molecule has 1 amide bonds. The number of nitrogens with one attached hydrogen (secondary N) is 3. The second-order valence-electron chi connectivity index (χ2n) is 5.27. The number of aromatic nitrogens is 3. The van der Waals surface area contributed by atoms with Gasteiger partial charge in [-0.05, 0) is 36.2 Å². The number of nitrogens with zero attached hydrogens (tertiary/aromatic N) is 3. The lowest BCUT2D eigenvalue weighted by atomic mass is 10.1. The molecule has 23 heavy (non-hydrogen) atoms. The summed E-state index contributed by atoms with van der Waals surface area (Å²) in [6, 6.07) is 11.6. The Kier molecular flexibility index (Phi) is 3.04. The molecule has 0 saturated heterocycles. The van der Waals surface area contributed by atoms with E-state index < -0.39 is 0 Å².